The van der Waals surface area contributed by atoms with Gasteiger partial charge in [0.25, 0.3) is 0 Å². The van der Waals surface area contributed by atoms with Crippen LogP contribution in [0.25, 0.3) is 21.5 Å². The molecule has 3 aromatic carbocycles. The minimum atomic E-state index is 1.19. The average molecular weight is 199 g/mol. The van der Waals surface area contributed by atoms with Gasteiger partial charge in [-0.15, -0.1) is 0 Å². The third-order valence-electron chi connectivity index (χ3n) is 2.50. The summed E-state index contributed by atoms with van der Waals surface area (Å²) in [5.41, 5.74) is 2.00. The van der Waals surface area contributed by atoms with Gasteiger partial charge in [0.15, 0.2) is 0 Å². The standard InChI is InChI=1S/C14H9.CH3.Li/c1-2-6-12-10-14-8-4-3-7-13(14)9-11(12)5-1;;/h1-9H;1H3;. The van der Waals surface area contributed by atoms with E-state index in [1.165, 1.54) is 21.5 Å². The Hall–Kier alpha value is -1.22. The smallest absolute Gasteiger partial charge is 0.00143 e. The quantitative estimate of drug-likeness (QED) is 0.379. The molecule has 0 aromatic heterocycles. The van der Waals surface area contributed by atoms with Gasteiger partial charge in [-0.1, -0.05) is 48.5 Å². The van der Waals surface area contributed by atoms with Gasteiger partial charge in [0.1, 0.15) is 0 Å². The molecule has 73 valence electrons. The number of hydrogen-bond acceptors (Lipinski definition) is 0. The fourth-order valence-corrected chi connectivity index (χ4v) is 1.79. The summed E-state index contributed by atoms with van der Waals surface area (Å²) >= 11 is 2.00. The minimum absolute atomic E-state index is 1.19. The molecule has 0 saturated heterocycles. The van der Waals surface area contributed by atoms with Gasteiger partial charge in [-0.2, -0.15) is 0 Å². The summed E-state index contributed by atoms with van der Waals surface area (Å²) in [5, 5.41) is 4.88. The molecule has 3 aromatic rings. The summed E-state index contributed by atoms with van der Waals surface area (Å²) in [4.78, 5) is 0. The Bertz CT molecular complexity index is 494. The van der Waals surface area contributed by atoms with Crippen LogP contribution in [0.15, 0.2) is 54.6 Å². The van der Waals surface area contributed by atoms with Crippen molar-refractivity contribution < 1.29 is 0 Å². The van der Waals surface area contributed by atoms with E-state index >= 15 is 0 Å². The van der Waals surface area contributed by atoms with Crippen LogP contribution in [0.3, 0.4) is 0 Å². The molecule has 0 N–H and O–H groups in total. The van der Waals surface area contributed by atoms with Crippen LogP contribution in [-0.2, 0) is 0 Å². The second-order valence-corrected chi connectivity index (χ2v) is 3.44. The zero-order valence-electron chi connectivity index (χ0n) is 9.70. The molecule has 0 heterocycles. The molecule has 0 bridgehead atoms. The van der Waals surface area contributed by atoms with Gasteiger partial charge in [0, 0.05) is 0 Å². The molecule has 0 aliphatic rings. The van der Waals surface area contributed by atoms with Crippen LogP contribution in [0.1, 0.15) is 0 Å². The Labute approximate surface area is 105 Å². The Kier molecular flexibility index (Phi) is 3.67. The molecular formula is C15H12Li. The maximum absolute atomic E-state index is 3.41. The second-order valence-electron chi connectivity index (χ2n) is 3.44. The summed E-state index contributed by atoms with van der Waals surface area (Å²) in [6.45, 7) is 0. The van der Waals surface area contributed by atoms with Crippen molar-refractivity contribution in [3.05, 3.63) is 60.7 Å². The van der Waals surface area contributed by atoms with Gasteiger partial charge in [0.2, 0.25) is 0 Å². The third-order valence-corrected chi connectivity index (χ3v) is 2.50. The van der Waals surface area contributed by atoms with Crippen molar-refractivity contribution in [3.8, 4) is 0 Å². The molecule has 0 unspecified atom stereocenters. The van der Waals surface area contributed by atoms with E-state index in [1.54, 1.807) is 0 Å². The molecule has 0 atom stereocenters. The molecule has 0 amide bonds. The molecule has 0 nitrogen and oxygen atoms in total. The normalized spacial score (nSPS) is 9.94. The number of hydrogen-bond donors (Lipinski definition) is 0. The van der Waals surface area contributed by atoms with Crippen molar-refractivity contribution in [1.82, 2.24) is 0 Å². The number of benzene rings is 3. The second kappa shape index (κ2) is 5.21. The molecule has 0 aliphatic carbocycles. The summed E-state index contributed by atoms with van der Waals surface area (Å²) < 4.78 is 0. The number of fused-ring (bicyclic) bond motifs is 2. The third kappa shape index (κ3) is 2.14. The van der Waals surface area contributed by atoms with E-state index in [9.17, 15) is 0 Å². The molecule has 0 spiro atoms. The molecular weight excluding hydrogens is 187 g/mol. The van der Waals surface area contributed by atoms with E-state index in [4.69, 9.17) is 0 Å². The summed E-state index contributed by atoms with van der Waals surface area (Å²) in [6, 6.07) is 22.3. The number of rotatable bonds is 0. The fraction of sp³-hybridized carbons (Fsp3) is 0.0667. The van der Waals surface area contributed by atoms with Gasteiger partial charge >= 0.3 is 23.3 Å². The van der Waals surface area contributed by atoms with E-state index in [0.717, 1.165) is 0 Å². The van der Waals surface area contributed by atoms with Crippen LogP contribution in [0.4, 0.5) is 0 Å². The molecule has 0 saturated carbocycles. The van der Waals surface area contributed by atoms with Crippen molar-refractivity contribution in [2.24, 2.45) is 0 Å². The molecule has 3 rings (SSSR count). The van der Waals surface area contributed by atoms with Gasteiger partial charge in [-0.3, -0.25) is 0 Å². The first-order chi connectivity index (χ1) is 7.93. The summed E-state index contributed by atoms with van der Waals surface area (Å²) in [7, 11) is 0. The van der Waals surface area contributed by atoms with Gasteiger partial charge < -0.3 is 0 Å². The fourth-order valence-electron chi connectivity index (χ4n) is 1.79. The molecule has 1 heteroatoms. The van der Waals surface area contributed by atoms with Crippen LogP contribution < -0.4 is 0 Å². The monoisotopic (exact) mass is 199 g/mol. The van der Waals surface area contributed by atoms with E-state index in [0.29, 0.717) is 0 Å². The van der Waals surface area contributed by atoms with Crippen molar-refractivity contribution in [1.29, 1.82) is 0 Å². The average Bonchev–Trinajstić information content (AvgIpc) is 2.38. The zero-order chi connectivity index (χ0) is 11.4. The maximum Gasteiger partial charge on any atom is -0.00143 e. The van der Waals surface area contributed by atoms with E-state index in [1.807, 2.05) is 35.4 Å². The zero-order valence-corrected chi connectivity index (χ0v) is 9.70. The SMILES string of the molecule is [Li][CH3].[c]1c2ccccc2cc2ccccc12. The first kappa shape index (κ1) is 11.3. The summed E-state index contributed by atoms with van der Waals surface area (Å²) in [6.07, 6.45) is 0. The first-order valence-corrected chi connectivity index (χ1v) is 5.73. The predicted molar refractivity (Wildman–Crippen MR) is 71.9 cm³/mol. The van der Waals surface area contributed by atoms with Crippen LogP contribution in [0.5, 0.6) is 0 Å². The largest absolute Gasteiger partial charge is 0.0616 e. The Morgan fingerprint density at radius 1 is 0.750 bits per heavy atom. The van der Waals surface area contributed by atoms with Crippen LogP contribution >= 0.6 is 0 Å². The predicted octanol–water partition coefficient (Wildman–Crippen LogP) is 4.00. The summed E-state index contributed by atoms with van der Waals surface area (Å²) in [5.74, 6) is 0. The van der Waals surface area contributed by atoms with Crippen molar-refractivity contribution in [2.75, 3.05) is 0 Å². The van der Waals surface area contributed by atoms with Crippen LogP contribution in [0, 0.1) is 6.07 Å². The van der Waals surface area contributed by atoms with Crippen molar-refractivity contribution in [3.63, 3.8) is 0 Å². The van der Waals surface area contributed by atoms with E-state index in [-0.39, 0.29) is 0 Å². The van der Waals surface area contributed by atoms with Crippen molar-refractivity contribution >= 4 is 39.3 Å². The Morgan fingerprint density at radius 3 is 1.69 bits per heavy atom. The van der Waals surface area contributed by atoms with Crippen LogP contribution in [-0.4, -0.2) is 17.7 Å². The Balaban J connectivity index is 0.000000457. The Morgan fingerprint density at radius 2 is 1.19 bits per heavy atom. The molecule has 0 fully saturated rings. The van der Waals surface area contributed by atoms with E-state index < -0.39 is 0 Å². The first-order valence-electron chi connectivity index (χ1n) is 5.73. The van der Waals surface area contributed by atoms with Crippen molar-refractivity contribution in [2.45, 2.75) is 5.60 Å². The topological polar surface area (TPSA) is 0 Å². The molecule has 0 aliphatic heterocycles. The van der Waals surface area contributed by atoms with Gasteiger partial charge in [-0.25, -0.2) is 0 Å². The minimum Gasteiger partial charge on any atom is -0.0616 e. The van der Waals surface area contributed by atoms with Crippen LogP contribution in [0.2, 0.25) is 5.60 Å². The molecule has 1 radical (unpaired) electrons. The maximum atomic E-state index is 3.41. The van der Waals surface area contributed by atoms with Gasteiger partial charge in [0.05, 0.1) is 0 Å². The molecule has 16 heavy (non-hydrogen) atoms. The van der Waals surface area contributed by atoms with E-state index in [2.05, 4.69) is 48.5 Å². The van der Waals surface area contributed by atoms with Gasteiger partial charge in [-0.05, 0) is 33.7 Å².